The molecule has 0 spiro atoms. The van der Waals surface area contributed by atoms with Gasteiger partial charge in [0.25, 0.3) is 5.91 Å². The van der Waals surface area contributed by atoms with Gasteiger partial charge in [-0.1, -0.05) is 12.8 Å². The van der Waals surface area contributed by atoms with E-state index in [-0.39, 0.29) is 30.6 Å². The lowest BCUT2D eigenvalue weighted by Gasteiger charge is -2.29. The highest BCUT2D eigenvalue weighted by atomic mass is 16.5. The van der Waals surface area contributed by atoms with Crippen molar-refractivity contribution in [3.63, 3.8) is 0 Å². The van der Waals surface area contributed by atoms with E-state index in [1.54, 1.807) is 17.1 Å². The van der Waals surface area contributed by atoms with Crippen LogP contribution in [0.5, 0.6) is 5.88 Å². The molecule has 2 atom stereocenters. The maximum atomic E-state index is 12.3. The number of hydrogen-bond donors (Lipinski definition) is 3. The van der Waals surface area contributed by atoms with E-state index in [0.717, 1.165) is 31.2 Å². The van der Waals surface area contributed by atoms with Crippen molar-refractivity contribution >= 4 is 11.9 Å². The summed E-state index contributed by atoms with van der Waals surface area (Å²) in [6.45, 7) is 0.0949. The summed E-state index contributed by atoms with van der Waals surface area (Å²) in [4.78, 5) is 21.3. The van der Waals surface area contributed by atoms with Crippen molar-refractivity contribution in [2.75, 3.05) is 12.0 Å². The third-order valence-corrected chi connectivity index (χ3v) is 4.66. The number of aromatic nitrogens is 4. The third-order valence-electron chi connectivity index (χ3n) is 4.66. The molecule has 0 saturated heterocycles. The Morgan fingerprint density at radius 2 is 2.20 bits per heavy atom. The minimum atomic E-state index is -0.249. The summed E-state index contributed by atoms with van der Waals surface area (Å²) in [5, 5.41) is 10.1. The second kappa shape index (κ2) is 6.32. The molecule has 0 radical (unpaired) electrons. The molecule has 3 heterocycles. The average Bonchev–Trinajstić information content (AvgIpc) is 3.03. The minimum absolute atomic E-state index is 0.0689. The van der Waals surface area contributed by atoms with Crippen LogP contribution in [0.3, 0.4) is 0 Å². The molecule has 1 aliphatic carbocycles. The van der Waals surface area contributed by atoms with Gasteiger partial charge in [0, 0.05) is 30.9 Å². The molecule has 2 unspecified atom stereocenters. The van der Waals surface area contributed by atoms with E-state index in [4.69, 9.17) is 10.5 Å². The maximum absolute atomic E-state index is 12.3. The zero-order chi connectivity index (χ0) is 17.4. The summed E-state index contributed by atoms with van der Waals surface area (Å²) in [7, 11) is 1.81. The number of carbonyl (C=O) groups excluding carboxylic acids is 1. The molecule has 0 bridgehead atoms. The van der Waals surface area contributed by atoms with Gasteiger partial charge in [0.15, 0.2) is 6.73 Å². The first kappa shape index (κ1) is 15.8. The summed E-state index contributed by atoms with van der Waals surface area (Å²) in [6, 6.07) is 0.186. The molecule has 1 aliphatic heterocycles. The first-order valence-electron chi connectivity index (χ1n) is 8.46. The van der Waals surface area contributed by atoms with Gasteiger partial charge in [0.05, 0.1) is 11.9 Å². The lowest BCUT2D eigenvalue weighted by molar-refractivity contribution is 0.0878. The van der Waals surface area contributed by atoms with Gasteiger partial charge in [0.1, 0.15) is 5.56 Å². The Balaban J connectivity index is 1.74. The smallest absolute Gasteiger partial charge is 0.261 e. The van der Waals surface area contributed by atoms with Gasteiger partial charge in [-0.25, -0.2) is 4.98 Å². The zero-order valence-electron chi connectivity index (χ0n) is 14.0. The van der Waals surface area contributed by atoms with E-state index in [1.165, 1.54) is 0 Å². The fraction of sp³-hybridized carbons (Fsp3) is 0.500. The molecule has 1 saturated carbocycles. The first-order valence-corrected chi connectivity index (χ1v) is 8.46. The van der Waals surface area contributed by atoms with E-state index < -0.39 is 0 Å². The van der Waals surface area contributed by atoms with Crippen LogP contribution in [-0.2, 0) is 7.05 Å². The van der Waals surface area contributed by atoms with Crippen LogP contribution >= 0.6 is 0 Å². The van der Waals surface area contributed by atoms with Gasteiger partial charge in [-0.05, 0) is 12.8 Å². The van der Waals surface area contributed by atoms with E-state index in [2.05, 4.69) is 25.7 Å². The van der Waals surface area contributed by atoms with Crippen LogP contribution in [0.4, 0.5) is 5.95 Å². The van der Waals surface area contributed by atoms with E-state index >= 15 is 0 Å². The molecule has 2 aromatic heterocycles. The fourth-order valence-corrected chi connectivity index (χ4v) is 3.33. The first-order chi connectivity index (χ1) is 12.1. The quantitative estimate of drug-likeness (QED) is 0.748. The highest BCUT2D eigenvalue weighted by molar-refractivity contribution is 6.02. The van der Waals surface area contributed by atoms with Crippen LogP contribution in [0.15, 0.2) is 12.4 Å². The number of ether oxygens (including phenoxy) is 1. The SMILES string of the molecule is Cn1cc(-c2nc(NC3CCCCC3N)nc3c2C(=O)NCO3)cn1. The highest BCUT2D eigenvalue weighted by Gasteiger charge is 2.29. The molecule has 9 nitrogen and oxygen atoms in total. The van der Waals surface area contributed by atoms with Crippen molar-refractivity contribution in [2.45, 2.75) is 37.8 Å². The number of nitrogens with one attached hydrogen (secondary N) is 2. The Bertz CT molecular complexity index is 804. The van der Waals surface area contributed by atoms with Crippen molar-refractivity contribution in [1.29, 1.82) is 0 Å². The topological polar surface area (TPSA) is 120 Å². The second-order valence-electron chi connectivity index (χ2n) is 6.47. The van der Waals surface area contributed by atoms with Gasteiger partial charge < -0.3 is 21.1 Å². The Morgan fingerprint density at radius 1 is 1.36 bits per heavy atom. The monoisotopic (exact) mass is 343 g/mol. The van der Waals surface area contributed by atoms with Gasteiger partial charge in [0.2, 0.25) is 11.8 Å². The molecule has 2 aliphatic rings. The Kier molecular flexibility index (Phi) is 4.00. The van der Waals surface area contributed by atoms with Crippen LogP contribution in [0.1, 0.15) is 36.0 Å². The normalized spacial score (nSPS) is 22.7. The number of nitrogens with zero attached hydrogens (tertiary/aromatic N) is 4. The van der Waals surface area contributed by atoms with Crippen molar-refractivity contribution in [1.82, 2.24) is 25.1 Å². The number of hydrogen-bond acceptors (Lipinski definition) is 7. The predicted molar refractivity (Wildman–Crippen MR) is 91.0 cm³/mol. The van der Waals surface area contributed by atoms with Gasteiger partial charge in [-0.15, -0.1) is 0 Å². The second-order valence-corrected chi connectivity index (χ2v) is 6.47. The minimum Gasteiger partial charge on any atom is -0.456 e. The van der Waals surface area contributed by atoms with Crippen molar-refractivity contribution in [3.05, 3.63) is 18.0 Å². The third kappa shape index (κ3) is 3.02. The molecular weight excluding hydrogens is 322 g/mol. The van der Waals surface area contributed by atoms with E-state index in [0.29, 0.717) is 17.2 Å². The van der Waals surface area contributed by atoms with Gasteiger partial charge >= 0.3 is 0 Å². The van der Waals surface area contributed by atoms with Crippen LogP contribution in [0, 0.1) is 0 Å². The fourth-order valence-electron chi connectivity index (χ4n) is 3.33. The van der Waals surface area contributed by atoms with E-state index in [9.17, 15) is 4.79 Å². The number of fused-ring (bicyclic) bond motifs is 1. The largest absolute Gasteiger partial charge is 0.456 e. The Hall–Kier alpha value is -2.68. The molecule has 1 amide bonds. The molecule has 25 heavy (non-hydrogen) atoms. The molecule has 2 aromatic rings. The number of carbonyl (C=O) groups is 1. The lowest BCUT2D eigenvalue weighted by Crippen LogP contribution is -2.43. The molecule has 4 N–H and O–H groups in total. The number of anilines is 1. The highest BCUT2D eigenvalue weighted by Crippen LogP contribution is 2.31. The van der Waals surface area contributed by atoms with E-state index in [1.807, 2.05) is 7.05 Å². The average molecular weight is 343 g/mol. The number of aryl methyl sites for hydroxylation is 1. The Morgan fingerprint density at radius 3 is 2.96 bits per heavy atom. The standard InChI is InChI=1S/C16H21N7O2/c1-23-7-9(6-19-23)13-12-14(24)18-8-25-15(12)22-16(21-13)20-11-5-3-2-4-10(11)17/h6-7,10-11H,2-5,8,17H2,1H3,(H,18,24)(H,20,21,22). The summed E-state index contributed by atoms with van der Waals surface area (Å²) in [5.74, 6) is 0.458. The van der Waals surface area contributed by atoms with Crippen molar-refractivity contribution in [2.24, 2.45) is 12.8 Å². The zero-order valence-corrected chi connectivity index (χ0v) is 14.0. The number of nitrogens with two attached hydrogens (primary N) is 1. The van der Waals surface area contributed by atoms with Gasteiger partial charge in [-0.3, -0.25) is 9.48 Å². The molecule has 1 fully saturated rings. The molecule has 0 aromatic carbocycles. The van der Waals surface area contributed by atoms with Crippen LogP contribution in [-0.4, -0.2) is 44.5 Å². The molecule has 132 valence electrons. The number of amides is 1. The van der Waals surface area contributed by atoms with Crippen molar-refractivity contribution < 1.29 is 9.53 Å². The van der Waals surface area contributed by atoms with Gasteiger partial charge in [-0.2, -0.15) is 10.1 Å². The Labute approximate surface area is 145 Å². The molecular formula is C16H21N7O2. The van der Waals surface area contributed by atoms with Crippen molar-refractivity contribution in [3.8, 4) is 17.1 Å². The lowest BCUT2D eigenvalue weighted by atomic mass is 9.91. The van der Waals surface area contributed by atoms with Crippen LogP contribution < -0.4 is 21.1 Å². The summed E-state index contributed by atoms with van der Waals surface area (Å²) in [6.07, 6.45) is 7.71. The molecule has 9 heteroatoms. The molecule has 4 rings (SSSR count). The number of rotatable bonds is 3. The predicted octanol–water partition coefficient (Wildman–Crippen LogP) is 0.639. The van der Waals surface area contributed by atoms with Crippen LogP contribution in [0.2, 0.25) is 0 Å². The summed E-state index contributed by atoms with van der Waals surface area (Å²) in [5.41, 5.74) is 7.78. The maximum Gasteiger partial charge on any atom is 0.261 e. The summed E-state index contributed by atoms with van der Waals surface area (Å²) < 4.78 is 7.20. The summed E-state index contributed by atoms with van der Waals surface area (Å²) >= 11 is 0. The van der Waals surface area contributed by atoms with Crippen LogP contribution in [0.25, 0.3) is 11.3 Å².